The molecule has 1 heterocycles. The number of rotatable bonds is 6. The number of aliphatic hydroxyl groups is 1. The van der Waals surface area contributed by atoms with Gasteiger partial charge in [-0.25, -0.2) is 0 Å². The van der Waals surface area contributed by atoms with Crippen molar-refractivity contribution in [2.24, 2.45) is 0 Å². The summed E-state index contributed by atoms with van der Waals surface area (Å²) in [7, 11) is 0. The van der Waals surface area contributed by atoms with Crippen LogP contribution >= 0.6 is 0 Å². The second-order valence-corrected chi connectivity index (χ2v) is 4.17. The first-order chi connectivity index (χ1) is 9.29. The van der Waals surface area contributed by atoms with E-state index < -0.39 is 0 Å². The number of nitrogens with one attached hydrogen (secondary N) is 1. The van der Waals surface area contributed by atoms with Crippen molar-refractivity contribution in [3.8, 4) is 11.5 Å². The van der Waals surface area contributed by atoms with Gasteiger partial charge in [-0.15, -0.1) is 0 Å². The second-order valence-electron chi connectivity index (χ2n) is 4.17. The third kappa shape index (κ3) is 3.99. The molecule has 0 saturated heterocycles. The molecule has 0 aromatic heterocycles. The molecule has 19 heavy (non-hydrogen) atoms. The van der Waals surface area contributed by atoms with Gasteiger partial charge in [-0.1, -0.05) is 6.07 Å². The molecule has 0 atom stereocenters. The summed E-state index contributed by atoms with van der Waals surface area (Å²) >= 11 is 0. The van der Waals surface area contributed by atoms with E-state index in [9.17, 15) is 4.79 Å². The van der Waals surface area contributed by atoms with Gasteiger partial charge in [-0.05, 0) is 36.6 Å². The van der Waals surface area contributed by atoms with Crippen LogP contribution in [0.2, 0.25) is 0 Å². The Hall–Kier alpha value is -2.01. The first kappa shape index (κ1) is 13.4. The van der Waals surface area contributed by atoms with Gasteiger partial charge in [0, 0.05) is 19.2 Å². The Labute approximate surface area is 111 Å². The smallest absolute Gasteiger partial charge is 0.243 e. The molecular formula is C14H17NO4. The highest BCUT2D eigenvalue weighted by Gasteiger charge is 2.12. The molecule has 5 nitrogen and oxygen atoms in total. The van der Waals surface area contributed by atoms with Crippen molar-refractivity contribution in [2.45, 2.75) is 12.8 Å². The van der Waals surface area contributed by atoms with Crippen LogP contribution in [0.5, 0.6) is 11.5 Å². The molecule has 0 bridgehead atoms. The summed E-state index contributed by atoms with van der Waals surface area (Å²) in [5.41, 5.74) is 0.884. The summed E-state index contributed by atoms with van der Waals surface area (Å²) in [6, 6.07) is 5.52. The highest BCUT2D eigenvalue weighted by atomic mass is 16.7. The number of hydrogen-bond donors (Lipinski definition) is 2. The Morgan fingerprint density at radius 1 is 1.32 bits per heavy atom. The third-order valence-corrected chi connectivity index (χ3v) is 2.71. The van der Waals surface area contributed by atoms with E-state index in [-0.39, 0.29) is 19.3 Å². The zero-order chi connectivity index (χ0) is 13.5. The fourth-order valence-electron chi connectivity index (χ4n) is 1.70. The molecule has 1 aliphatic rings. The van der Waals surface area contributed by atoms with E-state index in [0.29, 0.717) is 18.7 Å². The molecule has 2 rings (SSSR count). The predicted octanol–water partition coefficient (Wildman–Crippen LogP) is 1.32. The molecule has 1 aromatic carbocycles. The molecule has 0 unspecified atom stereocenters. The first-order valence-corrected chi connectivity index (χ1v) is 6.26. The topological polar surface area (TPSA) is 67.8 Å². The summed E-state index contributed by atoms with van der Waals surface area (Å²) in [6.45, 7) is 0.974. The van der Waals surface area contributed by atoms with Crippen LogP contribution in [-0.4, -0.2) is 31.0 Å². The number of carbonyl (C=O) groups is 1. The van der Waals surface area contributed by atoms with Gasteiger partial charge < -0.3 is 19.9 Å². The normalized spacial score (nSPS) is 12.9. The summed E-state index contributed by atoms with van der Waals surface area (Å²) < 4.78 is 10.5. The average molecular weight is 263 g/mol. The van der Waals surface area contributed by atoms with Crippen LogP contribution in [0, 0.1) is 0 Å². The summed E-state index contributed by atoms with van der Waals surface area (Å²) in [6.07, 6.45) is 4.69. The molecule has 0 aliphatic carbocycles. The quantitative estimate of drug-likeness (QED) is 0.600. The highest BCUT2D eigenvalue weighted by Crippen LogP contribution is 2.32. The lowest BCUT2D eigenvalue weighted by Gasteiger charge is -2.00. The fourth-order valence-corrected chi connectivity index (χ4v) is 1.70. The Morgan fingerprint density at radius 2 is 2.16 bits per heavy atom. The molecule has 5 heteroatoms. The van der Waals surface area contributed by atoms with E-state index in [4.69, 9.17) is 14.6 Å². The van der Waals surface area contributed by atoms with Gasteiger partial charge in [-0.3, -0.25) is 4.79 Å². The van der Waals surface area contributed by atoms with Crippen LogP contribution in [0.15, 0.2) is 24.3 Å². The van der Waals surface area contributed by atoms with E-state index in [1.54, 1.807) is 6.08 Å². The van der Waals surface area contributed by atoms with E-state index in [1.165, 1.54) is 6.08 Å². The van der Waals surface area contributed by atoms with Crippen molar-refractivity contribution >= 4 is 12.0 Å². The minimum atomic E-state index is -0.143. The lowest BCUT2D eigenvalue weighted by atomic mass is 10.2. The van der Waals surface area contributed by atoms with Crippen molar-refractivity contribution in [2.75, 3.05) is 19.9 Å². The standard InChI is InChI=1S/C14H17NO4/c16-8-2-1-7-15-14(17)6-4-11-3-5-12-13(9-11)19-10-18-12/h3-6,9,16H,1-2,7-8,10H2,(H,15,17)/b6-4+. The summed E-state index contributed by atoms with van der Waals surface area (Å²) in [5.74, 6) is 1.28. The minimum absolute atomic E-state index is 0.143. The Kier molecular flexibility index (Phi) is 4.80. The molecular weight excluding hydrogens is 246 g/mol. The predicted molar refractivity (Wildman–Crippen MR) is 70.9 cm³/mol. The van der Waals surface area contributed by atoms with Crippen LogP contribution in [0.25, 0.3) is 6.08 Å². The molecule has 102 valence electrons. The zero-order valence-corrected chi connectivity index (χ0v) is 10.6. The van der Waals surface area contributed by atoms with E-state index in [1.807, 2.05) is 18.2 Å². The van der Waals surface area contributed by atoms with Crippen LogP contribution in [0.4, 0.5) is 0 Å². The van der Waals surface area contributed by atoms with Crippen molar-refractivity contribution in [1.82, 2.24) is 5.32 Å². The lowest BCUT2D eigenvalue weighted by molar-refractivity contribution is -0.116. The third-order valence-electron chi connectivity index (χ3n) is 2.71. The number of fused-ring (bicyclic) bond motifs is 1. The van der Waals surface area contributed by atoms with E-state index in [0.717, 1.165) is 17.7 Å². The lowest BCUT2D eigenvalue weighted by Crippen LogP contribution is -2.22. The van der Waals surface area contributed by atoms with Crippen molar-refractivity contribution < 1.29 is 19.4 Å². The number of aliphatic hydroxyl groups excluding tert-OH is 1. The minimum Gasteiger partial charge on any atom is -0.454 e. The number of unbranched alkanes of at least 4 members (excludes halogenated alkanes) is 1. The Balaban J connectivity index is 1.83. The molecule has 0 radical (unpaired) electrons. The number of hydrogen-bond acceptors (Lipinski definition) is 4. The Bertz CT molecular complexity index is 471. The van der Waals surface area contributed by atoms with Gasteiger partial charge in [0.15, 0.2) is 11.5 Å². The highest BCUT2D eigenvalue weighted by molar-refractivity contribution is 5.91. The second kappa shape index (κ2) is 6.80. The molecule has 1 aliphatic heterocycles. The Morgan fingerprint density at radius 3 is 3.00 bits per heavy atom. The van der Waals surface area contributed by atoms with Gasteiger partial charge in [0.1, 0.15) is 0 Å². The maximum Gasteiger partial charge on any atom is 0.243 e. The summed E-state index contributed by atoms with van der Waals surface area (Å²) in [4.78, 5) is 11.5. The molecule has 0 saturated carbocycles. The van der Waals surface area contributed by atoms with Crippen molar-refractivity contribution in [3.05, 3.63) is 29.8 Å². The van der Waals surface area contributed by atoms with Crippen molar-refractivity contribution in [1.29, 1.82) is 0 Å². The molecule has 1 amide bonds. The van der Waals surface area contributed by atoms with Crippen LogP contribution in [-0.2, 0) is 4.79 Å². The van der Waals surface area contributed by atoms with Crippen LogP contribution in [0.3, 0.4) is 0 Å². The van der Waals surface area contributed by atoms with E-state index in [2.05, 4.69) is 5.32 Å². The van der Waals surface area contributed by atoms with E-state index >= 15 is 0 Å². The first-order valence-electron chi connectivity index (χ1n) is 6.26. The monoisotopic (exact) mass is 263 g/mol. The maximum absolute atomic E-state index is 11.5. The number of carbonyl (C=O) groups excluding carboxylic acids is 1. The van der Waals surface area contributed by atoms with Gasteiger partial charge in [0.2, 0.25) is 12.7 Å². The summed E-state index contributed by atoms with van der Waals surface area (Å²) in [5, 5.41) is 11.4. The fraction of sp³-hybridized carbons (Fsp3) is 0.357. The maximum atomic E-state index is 11.5. The average Bonchev–Trinajstić information content (AvgIpc) is 2.89. The number of ether oxygens (including phenoxy) is 2. The largest absolute Gasteiger partial charge is 0.454 e. The number of benzene rings is 1. The molecule has 1 aromatic rings. The van der Waals surface area contributed by atoms with Crippen LogP contribution in [0.1, 0.15) is 18.4 Å². The van der Waals surface area contributed by atoms with Crippen LogP contribution < -0.4 is 14.8 Å². The van der Waals surface area contributed by atoms with Crippen molar-refractivity contribution in [3.63, 3.8) is 0 Å². The molecule has 0 fully saturated rings. The number of amides is 1. The zero-order valence-electron chi connectivity index (χ0n) is 10.6. The molecule has 2 N–H and O–H groups in total. The van der Waals surface area contributed by atoms with Gasteiger partial charge >= 0.3 is 0 Å². The SMILES string of the molecule is O=C(/C=C/c1ccc2c(c1)OCO2)NCCCCO. The van der Waals surface area contributed by atoms with Gasteiger partial charge in [-0.2, -0.15) is 0 Å². The van der Waals surface area contributed by atoms with Gasteiger partial charge in [0.05, 0.1) is 0 Å². The van der Waals surface area contributed by atoms with Gasteiger partial charge in [0.25, 0.3) is 0 Å². The molecule has 0 spiro atoms.